The van der Waals surface area contributed by atoms with Gasteiger partial charge in [-0.15, -0.1) is 0 Å². The molecule has 0 saturated heterocycles. The van der Waals surface area contributed by atoms with E-state index in [2.05, 4.69) is 10.6 Å². The number of hydrogen-bond donors (Lipinski definition) is 3. The van der Waals surface area contributed by atoms with Gasteiger partial charge < -0.3 is 16.4 Å². The molecule has 11 heteroatoms. The molecule has 2 aliphatic rings. The first-order valence-electron chi connectivity index (χ1n) is 11.0. The number of halogens is 6. The van der Waals surface area contributed by atoms with E-state index in [1.165, 1.54) is 0 Å². The molecule has 4 N–H and O–H groups in total. The van der Waals surface area contributed by atoms with Crippen LogP contribution in [0.1, 0.15) is 72.9 Å². The average Bonchev–Trinajstić information content (AvgIpc) is 3.19. The van der Waals surface area contributed by atoms with E-state index in [-0.39, 0.29) is 30.5 Å². The summed E-state index contributed by atoms with van der Waals surface area (Å²) < 4.78 is 77.9. The summed E-state index contributed by atoms with van der Waals surface area (Å²) in [5.41, 5.74) is 1.59. The van der Waals surface area contributed by atoms with Crippen molar-refractivity contribution in [2.45, 2.75) is 75.3 Å². The van der Waals surface area contributed by atoms with Crippen LogP contribution in [0.4, 0.5) is 26.3 Å². The highest BCUT2D eigenvalue weighted by Gasteiger charge is 2.39. The lowest BCUT2D eigenvalue weighted by atomic mass is 9.85. The maximum Gasteiger partial charge on any atom is 0.416 e. The van der Waals surface area contributed by atoms with Crippen molar-refractivity contribution in [3.8, 4) is 0 Å². The van der Waals surface area contributed by atoms with Crippen molar-refractivity contribution in [1.82, 2.24) is 10.6 Å². The molecule has 0 aliphatic heterocycles. The van der Waals surface area contributed by atoms with Gasteiger partial charge in [0.1, 0.15) is 0 Å². The van der Waals surface area contributed by atoms with Crippen LogP contribution in [0.25, 0.3) is 0 Å². The first-order valence-corrected chi connectivity index (χ1v) is 11.0. The fourth-order valence-corrected chi connectivity index (χ4v) is 4.50. The molecule has 1 aromatic rings. The summed E-state index contributed by atoms with van der Waals surface area (Å²) in [5, 5.41) is 5.44. The molecule has 2 amide bonds. The molecule has 0 bridgehead atoms. The van der Waals surface area contributed by atoms with Crippen LogP contribution in [0, 0.1) is 5.92 Å². The molecule has 2 fully saturated rings. The Kier molecular flexibility index (Phi) is 7.30. The lowest BCUT2D eigenvalue weighted by Crippen LogP contribution is -2.55. The molecule has 1 aromatic carbocycles. The summed E-state index contributed by atoms with van der Waals surface area (Å²) >= 11 is 0. The molecule has 33 heavy (non-hydrogen) atoms. The third-order valence-corrected chi connectivity index (χ3v) is 6.53. The first kappa shape index (κ1) is 25.3. The van der Waals surface area contributed by atoms with Crippen molar-refractivity contribution in [2.75, 3.05) is 6.54 Å². The quantitative estimate of drug-likeness (QED) is 0.548. The van der Waals surface area contributed by atoms with E-state index in [1.54, 1.807) is 0 Å². The minimum absolute atomic E-state index is 0.00769. The number of amides is 2. The largest absolute Gasteiger partial charge is 0.416 e. The number of carbonyl (C=O) groups excluding carboxylic acids is 2. The molecular weight excluding hydrogens is 452 g/mol. The predicted octanol–water partition coefficient (Wildman–Crippen LogP) is 4.40. The number of rotatable bonds is 5. The standard InChI is InChI=1S/C22H27F6N3O2/c23-21(24,25)15-9-14(10-16(11-15)22(26,27)28)18(32)30-12-13-3-5-17(6-4-13)31-19(33)20(29)7-1-2-8-20/h9-11,13,17H,1-8,12,29H2,(H,30,32)(H,31,33). The summed E-state index contributed by atoms with van der Waals surface area (Å²) in [5.74, 6) is -1.14. The van der Waals surface area contributed by atoms with Gasteiger partial charge in [0, 0.05) is 18.2 Å². The van der Waals surface area contributed by atoms with Crippen molar-refractivity contribution in [3.05, 3.63) is 34.9 Å². The molecule has 0 aromatic heterocycles. The number of nitrogens with one attached hydrogen (secondary N) is 2. The molecule has 3 rings (SSSR count). The van der Waals surface area contributed by atoms with E-state index in [4.69, 9.17) is 5.73 Å². The third kappa shape index (κ3) is 6.39. The van der Waals surface area contributed by atoms with Crippen LogP contribution >= 0.6 is 0 Å². The van der Waals surface area contributed by atoms with E-state index in [9.17, 15) is 35.9 Å². The van der Waals surface area contributed by atoms with E-state index >= 15 is 0 Å². The summed E-state index contributed by atoms with van der Waals surface area (Å²) in [6.07, 6.45) is -4.25. The Hall–Kier alpha value is -2.30. The Bertz CT molecular complexity index is 838. The Balaban J connectivity index is 1.54. The molecule has 0 spiro atoms. The average molecular weight is 479 g/mol. The summed E-state index contributed by atoms with van der Waals surface area (Å²) in [4.78, 5) is 24.8. The van der Waals surface area contributed by atoms with Crippen LogP contribution in [0.3, 0.4) is 0 Å². The second-order valence-corrected chi connectivity index (χ2v) is 9.06. The van der Waals surface area contributed by atoms with Crippen molar-refractivity contribution in [3.63, 3.8) is 0 Å². The smallest absolute Gasteiger partial charge is 0.352 e. The fraction of sp³-hybridized carbons (Fsp3) is 0.636. The van der Waals surface area contributed by atoms with Crippen LogP contribution in [-0.4, -0.2) is 29.9 Å². The molecule has 0 radical (unpaired) electrons. The summed E-state index contributed by atoms with van der Waals surface area (Å²) in [6, 6.07) is 0.790. The second kappa shape index (κ2) is 9.52. The lowest BCUT2D eigenvalue weighted by molar-refractivity contribution is -0.143. The van der Waals surface area contributed by atoms with E-state index in [0.717, 1.165) is 12.8 Å². The maximum absolute atomic E-state index is 13.0. The number of carbonyl (C=O) groups is 2. The SMILES string of the molecule is NC1(C(=O)NC2CCC(CNC(=O)c3cc(C(F)(F)F)cc(C(F)(F)F)c3)CC2)CCCC1. The Morgan fingerprint density at radius 2 is 1.42 bits per heavy atom. The highest BCUT2D eigenvalue weighted by Crippen LogP contribution is 2.36. The fourth-order valence-electron chi connectivity index (χ4n) is 4.50. The minimum Gasteiger partial charge on any atom is -0.352 e. The van der Waals surface area contributed by atoms with Gasteiger partial charge in [0.05, 0.1) is 16.7 Å². The van der Waals surface area contributed by atoms with Crippen LogP contribution in [0.15, 0.2) is 18.2 Å². The molecule has 0 heterocycles. The highest BCUT2D eigenvalue weighted by molar-refractivity contribution is 5.94. The Labute approximate surface area is 187 Å². The Morgan fingerprint density at radius 1 is 0.909 bits per heavy atom. The van der Waals surface area contributed by atoms with Gasteiger partial charge in [0.25, 0.3) is 5.91 Å². The van der Waals surface area contributed by atoms with E-state index in [1.807, 2.05) is 0 Å². The highest BCUT2D eigenvalue weighted by atomic mass is 19.4. The van der Waals surface area contributed by atoms with Crippen LogP contribution in [0.2, 0.25) is 0 Å². The summed E-state index contributed by atoms with van der Waals surface area (Å²) in [7, 11) is 0. The van der Waals surface area contributed by atoms with Gasteiger partial charge in [-0.25, -0.2) is 0 Å². The van der Waals surface area contributed by atoms with Crippen LogP contribution in [0.5, 0.6) is 0 Å². The number of nitrogens with two attached hydrogens (primary N) is 1. The first-order chi connectivity index (χ1) is 15.3. The second-order valence-electron chi connectivity index (χ2n) is 9.06. The van der Waals surface area contributed by atoms with Gasteiger partial charge in [-0.1, -0.05) is 12.8 Å². The topological polar surface area (TPSA) is 84.2 Å². The van der Waals surface area contributed by atoms with Crippen molar-refractivity contribution < 1.29 is 35.9 Å². The number of hydrogen-bond acceptors (Lipinski definition) is 3. The lowest BCUT2D eigenvalue weighted by Gasteiger charge is -2.32. The van der Waals surface area contributed by atoms with Gasteiger partial charge in [0.2, 0.25) is 5.91 Å². The van der Waals surface area contributed by atoms with Crippen molar-refractivity contribution >= 4 is 11.8 Å². The molecule has 184 valence electrons. The number of benzene rings is 1. The molecule has 0 atom stereocenters. The van der Waals surface area contributed by atoms with Gasteiger partial charge in [-0.2, -0.15) is 26.3 Å². The molecule has 0 unspecified atom stereocenters. The third-order valence-electron chi connectivity index (χ3n) is 6.53. The zero-order valence-corrected chi connectivity index (χ0v) is 17.9. The van der Waals surface area contributed by atoms with Gasteiger partial charge in [0.15, 0.2) is 0 Å². The van der Waals surface area contributed by atoms with Crippen molar-refractivity contribution in [2.24, 2.45) is 11.7 Å². The molecule has 5 nitrogen and oxygen atoms in total. The molecule has 2 aliphatic carbocycles. The monoisotopic (exact) mass is 479 g/mol. The van der Waals surface area contributed by atoms with Gasteiger partial charge >= 0.3 is 12.4 Å². The zero-order chi connectivity index (χ0) is 24.4. The van der Waals surface area contributed by atoms with Gasteiger partial charge in [-0.05, 0) is 62.6 Å². The van der Waals surface area contributed by atoms with E-state index in [0.29, 0.717) is 50.7 Å². The maximum atomic E-state index is 13.0. The van der Waals surface area contributed by atoms with Crippen molar-refractivity contribution in [1.29, 1.82) is 0 Å². The molecular formula is C22H27F6N3O2. The number of alkyl halides is 6. The van der Waals surface area contributed by atoms with Gasteiger partial charge in [-0.3, -0.25) is 9.59 Å². The Morgan fingerprint density at radius 3 is 1.91 bits per heavy atom. The van der Waals surface area contributed by atoms with E-state index < -0.39 is 40.5 Å². The normalized spacial score (nSPS) is 23.2. The van der Waals surface area contributed by atoms with Crippen LogP contribution < -0.4 is 16.4 Å². The van der Waals surface area contributed by atoms with Crippen LogP contribution in [-0.2, 0) is 17.1 Å². The predicted molar refractivity (Wildman–Crippen MR) is 108 cm³/mol. The minimum atomic E-state index is -5.01. The summed E-state index contributed by atoms with van der Waals surface area (Å²) in [6.45, 7) is 0.123. The molecule has 2 saturated carbocycles. The zero-order valence-electron chi connectivity index (χ0n) is 17.9.